The van der Waals surface area contributed by atoms with E-state index in [2.05, 4.69) is 5.32 Å². The first-order chi connectivity index (χ1) is 9.94. The Morgan fingerprint density at radius 2 is 1.76 bits per heavy atom. The molecule has 1 fully saturated rings. The van der Waals surface area contributed by atoms with E-state index in [1.54, 1.807) is 38.4 Å². The van der Waals surface area contributed by atoms with Gasteiger partial charge in [0.25, 0.3) is 5.91 Å². The third-order valence-electron chi connectivity index (χ3n) is 4.01. The van der Waals surface area contributed by atoms with Crippen LogP contribution in [-0.2, 0) is 4.79 Å². The number of amides is 2. The van der Waals surface area contributed by atoms with Gasteiger partial charge >= 0.3 is 0 Å². The third-order valence-corrected chi connectivity index (χ3v) is 4.01. The first kappa shape index (κ1) is 15.5. The van der Waals surface area contributed by atoms with Gasteiger partial charge in [-0.1, -0.05) is 31.4 Å². The number of rotatable bonds is 3. The van der Waals surface area contributed by atoms with Crippen LogP contribution in [0.25, 0.3) is 0 Å². The molecule has 1 saturated carbocycles. The second-order valence-electron chi connectivity index (χ2n) is 5.92. The zero-order valence-corrected chi connectivity index (χ0v) is 12.7. The minimum Gasteiger partial charge on any atom is -0.345 e. The molecule has 1 aliphatic carbocycles. The minimum atomic E-state index is -0.813. The summed E-state index contributed by atoms with van der Waals surface area (Å²) < 4.78 is 0. The normalized spacial score (nSPS) is 17.1. The van der Waals surface area contributed by atoms with Gasteiger partial charge in [0.2, 0.25) is 5.91 Å². The molecule has 2 amide bonds. The maximum Gasteiger partial charge on any atom is 0.255 e. The quantitative estimate of drug-likeness (QED) is 0.893. The molecule has 114 valence electrons. The highest BCUT2D eigenvalue weighted by atomic mass is 16.2. The van der Waals surface area contributed by atoms with Crippen LogP contribution in [0, 0.1) is 0 Å². The van der Waals surface area contributed by atoms with E-state index in [4.69, 9.17) is 5.73 Å². The third kappa shape index (κ3) is 3.42. The van der Waals surface area contributed by atoms with Crippen LogP contribution >= 0.6 is 0 Å². The molecule has 5 heteroatoms. The molecule has 21 heavy (non-hydrogen) atoms. The monoisotopic (exact) mass is 289 g/mol. The molecule has 1 aliphatic rings. The Hall–Kier alpha value is -1.88. The number of carbonyl (C=O) groups excluding carboxylic acids is 2. The van der Waals surface area contributed by atoms with Gasteiger partial charge in [0, 0.05) is 14.1 Å². The van der Waals surface area contributed by atoms with Crippen molar-refractivity contribution in [2.24, 2.45) is 5.73 Å². The zero-order valence-electron chi connectivity index (χ0n) is 12.7. The van der Waals surface area contributed by atoms with E-state index in [1.165, 1.54) is 4.90 Å². The minimum absolute atomic E-state index is 0.138. The molecule has 2 rings (SSSR count). The van der Waals surface area contributed by atoms with Crippen molar-refractivity contribution in [2.45, 2.75) is 37.6 Å². The average Bonchev–Trinajstić information content (AvgIpc) is 2.47. The highest BCUT2D eigenvalue weighted by Gasteiger charge is 2.35. The highest BCUT2D eigenvalue weighted by molar-refractivity contribution is 6.05. The predicted octanol–water partition coefficient (Wildman–Crippen LogP) is 1.99. The van der Waals surface area contributed by atoms with Crippen molar-refractivity contribution in [2.75, 3.05) is 19.4 Å². The molecule has 0 spiro atoms. The summed E-state index contributed by atoms with van der Waals surface area (Å²) in [4.78, 5) is 26.1. The number of nitrogens with one attached hydrogen (secondary N) is 1. The van der Waals surface area contributed by atoms with Gasteiger partial charge in [-0.2, -0.15) is 0 Å². The number of hydrogen-bond donors (Lipinski definition) is 2. The van der Waals surface area contributed by atoms with Crippen molar-refractivity contribution in [1.29, 1.82) is 0 Å². The van der Waals surface area contributed by atoms with Crippen LogP contribution in [-0.4, -0.2) is 36.3 Å². The van der Waals surface area contributed by atoms with E-state index in [-0.39, 0.29) is 11.8 Å². The number of nitrogens with zero attached hydrogens (tertiary/aromatic N) is 1. The summed E-state index contributed by atoms with van der Waals surface area (Å²) in [7, 11) is 3.37. The molecule has 1 aromatic carbocycles. The van der Waals surface area contributed by atoms with Gasteiger partial charge in [0.05, 0.1) is 16.8 Å². The van der Waals surface area contributed by atoms with E-state index < -0.39 is 5.54 Å². The van der Waals surface area contributed by atoms with E-state index >= 15 is 0 Å². The number of carbonyl (C=O) groups is 2. The maximum atomic E-state index is 12.5. The van der Waals surface area contributed by atoms with Gasteiger partial charge in [0.15, 0.2) is 0 Å². The van der Waals surface area contributed by atoms with Crippen LogP contribution in [0.15, 0.2) is 24.3 Å². The Labute approximate surface area is 125 Å². The van der Waals surface area contributed by atoms with E-state index in [9.17, 15) is 9.59 Å². The number of para-hydroxylation sites is 1. The molecule has 1 aromatic rings. The smallest absolute Gasteiger partial charge is 0.255 e. The summed E-state index contributed by atoms with van der Waals surface area (Å²) in [5, 5.41) is 2.85. The molecule has 0 heterocycles. The van der Waals surface area contributed by atoms with Crippen molar-refractivity contribution in [3.8, 4) is 0 Å². The molecule has 0 aliphatic heterocycles. The summed E-state index contributed by atoms with van der Waals surface area (Å²) in [5.41, 5.74) is 6.42. The summed E-state index contributed by atoms with van der Waals surface area (Å²) in [6.45, 7) is 0. The molecule has 0 aromatic heterocycles. The van der Waals surface area contributed by atoms with Gasteiger partial charge in [-0.05, 0) is 25.0 Å². The van der Waals surface area contributed by atoms with Gasteiger partial charge in [-0.3, -0.25) is 9.59 Å². The van der Waals surface area contributed by atoms with Gasteiger partial charge in [0.1, 0.15) is 0 Å². The Balaban J connectivity index is 2.19. The lowest BCUT2D eigenvalue weighted by Gasteiger charge is -2.32. The van der Waals surface area contributed by atoms with E-state index in [0.29, 0.717) is 24.1 Å². The fourth-order valence-corrected chi connectivity index (χ4v) is 2.68. The largest absolute Gasteiger partial charge is 0.345 e. The van der Waals surface area contributed by atoms with Crippen molar-refractivity contribution in [1.82, 2.24) is 4.90 Å². The number of nitrogens with two attached hydrogens (primary N) is 1. The van der Waals surface area contributed by atoms with Crippen molar-refractivity contribution in [3.05, 3.63) is 29.8 Å². The predicted molar refractivity (Wildman–Crippen MR) is 83.1 cm³/mol. The maximum absolute atomic E-state index is 12.5. The van der Waals surface area contributed by atoms with E-state index in [1.807, 2.05) is 0 Å². The summed E-state index contributed by atoms with van der Waals surface area (Å²) >= 11 is 0. The highest BCUT2D eigenvalue weighted by Crippen LogP contribution is 2.28. The van der Waals surface area contributed by atoms with Crippen LogP contribution < -0.4 is 11.1 Å². The van der Waals surface area contributed by atoms with Crippen LogP contribution in [0.1, 0.15) is 42.5 Å². The topological polar surface area (TPSA) is 75.4 Å². The van der Waals surface area contributed by atoms with Crippen LogP contribution in [0.3, 0.4) is 0 Å². The number of anilines is 1. The molecular weight excluding hydrogens is 266 g/mol. The molecule has 5 nitrogen and oxygen atoms in total. The SMILES string of the molecule is CN(C)C(=O)c1ccccc1NC(=O)C1(N)CCCCC1. The molecule has 0 unspecified atom stereocenters. The van der Waals surface area contributed by atoms with Gasteiger partial charge in [-0.25, -0.2) is 0 Å². The second kappa shape index (κ2) is 6.26. The molecule has 3 N–H and O–H groups in total. The Bertz CT molecular complexity index is 534. The van der Waals surface area contributed by atoms with E-state index in [0.717, 1.165) is 19.3 Å². The second-order valence-corrected chi connectivity index (χ2v) is 5.92. The molecule has 0 atom stereocenters. The fraction of sp³-hybridized carbons (Fsp3) is 0.500. The molecule has 0 saturated heterocycles. The summed E-state index contributed by atoms with van der Waals surface area (Å²) in [6, 6.07) is 7.03. The Kier molecular flexibility index (Phi) is 4.63. The van der Waals surface area contributed by atoms with Crippen LogP contribution in [0.4, 0.5) is 5.69 Å². The molecular formula is C16H23N3O2. The average molecular weight is 289 g/mol. The zero-order chi connectivity index (χ0) is 15.5. The number of hydrogen-bond acceptors (Lipinski definition) is 3. The summed E-state index contributed by atoms with van der Waals surface area (Å²) in [6.07, 6.45) is 4.47. The van der Waals surface area contributed by atoms with Gasteiger partial charge in [-0.15, -0.1) is 0 Å². The van der Waals surface area contributed by atoms with Crippen molar-refractivity contribution < 1.29 is 9.59 Å². The standard InChI is InChI=1S/C16H23N3O2/c1-19(2)14(20)12-8-4-5-9-13(12)18-15(21)16(17)10-6-3-7-11-16/h4-5,8-9H,3,6-7,10-11,17H2,1-2H3,(H,18,21). The summed E-state index contributed by atoms with van der Waals surface area (Å²) in [5.74, 6) is -0.332. The first-order valence-electron chi connectivity index (χ1n) is 7.35. The Morgan fingerprint density at radius 3 is 2.38 bits per heavy atom. The van der Waals surface area contributed by atoms with Crippen molar-refractivity contribution >= 4 is 17.5 Å². The Morgan fingerprint density at radius 1 is 1.14 bits per heavy atom. The van der Waals surface area contributed by atoms with Crippen LogP contribution in [0.5, 0.6) is 0 Å². The van der Waals surface area contributed by atoms with Gasteiger partial charge < -0.3 is 16.0 Å². The fourth-order valence-electron chi connectivity index (χ4n) is 2.68. The van der Waals surface area contributed by atoms with Crippen molar-refractivity contribution in [3.63, 3.8) is 0 Å². The first-order valence-corrected chi connectivity index (χ1v) is 7.35. The molecule has 0 radical (unpaired) electrons. The van der Waals surface area contributed by atoms with Crippen LogP contribution in [0.2, 0.25) is 0 Å². The lowest BCUT2D eigenvalue weighted by molar-refractivity contribution is -0.122. The number of benzene rings is 1. The molecule has 0 bridgehead atoms. The lowest BCUT2D eigenvalue weighted by atomic mass is 9.82. The lowest BCUT2D eigenvalue weighted by Crippen LogP contribution is -2.52.